The van der Waals surface area contributed by atoms with Gasteiger partial charge in [-0.25, -0.2) is 0 Å². The van der Waals surface area contributed by atoms with E-state index in [-0.39, 0.29) is 17.6 Å². The van der Waals surface area contributed by atoms with Gasteiger partial charge in [0.2, 0.25) is 0 Å². The smallest absolute Gasteiger partial charge is 0.316 e. The van der Waals surface area contributed by atoms with E-state index in [4.69, 9.17) is 14.2 Å². The molecule has 4 rings (SSSR count). The van der Waals surface area contributed by atoms with Crippen LogP contribution in [-0.4, -0.2) is 37.7 Å². The van der Waals surface area contributed by atoms with E-state index in [2.05, 4.69) is 6.07 Å². The van der Waals surface area contributed by atoms with Crippen molar-refractivity contribution in [2.75, 3.05) is 25.7 Å². The van der Waals surface area contributed by atoms with Crippen LogP contribution in [0.3, 0.4) is 0 Å². The Labute approximate surface area is 231 Å². The number of anilines is 1. The summed E-state index contributed by atoms with van der Waals surface area (Å²) < 4.78 is 15.9. The van der Waals surface area contributed by atoms with Gasteiger partial charge >= 0.3 is 5.97 Å². The normalized spacial score (nSPS) is 12.4. The number of fused-ring (bicyclic) bond motifs is 1. The van der Waals surface area contributed by atoms with Gasteiger partial charge in [0.1, 0.15) is 11.5 Å². The average Bonchev–Trinajstić information content (AvgIpc) is 2.93. The van der Waals surface area contributed by atoms with Crippen molar-refractivity contribution in [2.24, 2.45) is 5.41 Å². The molecular formula is C32H39NO6. The SMILES string of the molecule is CC(C)(C)C(=O)Oc1ccc2c(c1)CCCC2.CCN(C(=O)c1ccc(O)cc1)c1ccc(OC)c(OC)c1. The molecule has 3 aromatic rings. The highest BCUT2D eigenvalue weighted by molar-refractivity contribution is 6.06. The topological polar surface area (TPSA) is 85.3 Å². The molecule has 0 aromatic heterocycles. The molecule has 0 unspecified atom stereocenters. The fraction of sp³-hybridized carbons (Fsp3) is 0.375. The Hall–Kier alpha value is -4.00. The molecule has 0 spiro atoms. The lowest BCUT2D eigenvalue weighted by molar-refractivity contribution is -0.143. The Balaban J connectivity index is 0.000000223. The third-order valence-corrected chi connectivity index (χ3v) is 6.50. The summed E-state index contributed by atoms with van der Waals surface area (Å²) >= 11 is 0. The summed E-state index contributed by atoms with van der Waals surface area (Å²) in [7, 11) is 3.12. The van der Waals surface area contributed by atoms with Crippen molar-refractivity contribution in [3.63, 3.8) is 0 Å². The number of methoxy groups -OCH3 is 2. The zero-order valence-electron chi connectivity index (χ0n) is 23.7. The number of phenols is 1. The maximum atomic E-state index is 12.6. The molecule has 3 aromatic carbocycles. The Morgan fingerprint density at radius 3 is 2.08 bits per heavy atom. The van der Waals surface area contributed by atoms with Crippen LogP contribution in [0.1, 0.15) is 62.0 Å². The van der Waals surface area contributed by atoms with E-state index in [1.165, 1.54) is 36.1 Å². The summed E-state index contributed by atoms with van der Waals surface area (Å²) in [5.74, 6) is 1.68. The van der Waals surface area contributed by atoms with E-state index in [1.807, 2.05) is 45.9 Å². The second kappa shape index (κ2) is 13.2. The molecule has 208 valence electrons. The minimum atomic E-state index is -0.449. The van der Waals surface area contributed by atoms with Crippen LogP contribution in [0, 0.1) is 5.41 Å². The standard InChI is InChI=1S/C17H19NO4.C15H20O2/c1-4-18(17(20)12-5-8-14(19)9-6-12)13-7-10-15(21-2)16(11-13)22-3;1-15(2,3)14(16)17-13-9-8-11-6-4-5-7-12(11)10-13/h5-11,19H,4H2,1-3H3;8-10H,4-7H2,1-3H3. The van der Waals surface area contributed by atoms with Crippen LogP contribution in [0.25, 0.3) is 0 Å². The van der Waals surface area contributed by atoms with Gasteiger partial charge in [0.05, 0.1) is 19.6 Å². The molecule has 39 heavy (non-hydrogen) atoms. The minimum Gasteiger partial charge on any atom is -0.508 e. The molecule has 1 amide bonds. The lowest BCUT2D eigenvalue weighted by Gasteiger charge is -2.22. The van der Waals surface area contributed by atoms with Crippen molar-refractivity contribution in [1.82, 2.24) is 0 Å². The van der Waals surface area contributed by atoms with Crippen LogP contribution in [0.2, 0.25) is 0 Å². The van der Waals surface area contributed by atoms with Gasteiger partial charge in [-0.2, -0.15) is 0 Å². The predicted molar refractivity (Wildman–Crippen MR) is 153 cm³/mol. The third-order valence-electron chi connectivity index (χ3n) is 6.50. The molecule has 1 aliphatic rings. The molecule has 1 aliphatic carbocycles. The summed E-state index contributed by atoms with van der Waals surface area (Å²) in [5.41, 5.74) is 3.53. The number of carbonyl (C=O) groups is 2. The van der Waals surface area contributed by atoms with E-state index in [1.54, 1.807) is 43.4 Å². The summed E-state index contributed by atoms with van der Waals surface area (Å²) in [6, 6.07) is 17.6. The van der Waals surface area contributed by atoms with Crippen LogP contribution in [0.15, 0.2) is 60.7 Å². The molecule has 0 radical (unpaired) electrons. The highest BCUT2D eigenvalue weighted by atomic mass is 16.5. The van der Waals surface area contributed by atoms with Gasteiger partial charge in [0, 0.05) is 23.9 Å². The van der Waals surface area contributed by atoms with Crippen molar-refractivity contribution in [1.29, 1.82) is 0 Å². The van der Waals surface area contributed by atoms with Crippen LogP contribution < -0.4 is 19.1 Å². The zero-order valence-corrected chi connectivity index (χ0v) is 23.7. The number of hydrogen-bond donors (Lipinski definition) is 1. The lowest BCUT2D eigenvalue weighted by Crippen LogP contribution is -2.30. The summed E-state index contributed by atoms with van der Waals surface area (Å²) in [4.78, 5) is 26.0. The van der Waals surface area contributed by atoms with Crippen LogP contribution in [0.4, 0.5) is 5.69 Å². The number of hydrogen-bond acceptors (Lipinski definition) is 6. The first-order valence-electron chi connectivity index (χ1n) is 13.2. The molecule has 7 nitrogen and oxygen atoms in total. The molecule has 0 fully saturated rings. The second-order valence-corrected chi connectivity index (χ2v) is 10.4. The second-order valence-electron chi connectivity index (χ2n) is 10.4. The molecule has 0 saturated carbocycles. The van der Waals surface area contributed by atoms with Gasteiger partial charge in [0.15, 0.2) is 11.5 Å². The average molecular weight is 534 g/mol. The molecule has 0 aliphatic heterocycles. The number of benzene rings is 3. The van der Waals surface area contributed by atoms with E-state index >= 15 is 0 Å². The summed E-state index contributed by atoms with van der Waals surface area (Å²) in [6.45, 7) is 8.01. The van der Waals surface area contributed by atoms with Gasteiger partial charge in [-0.3, -0.25) is 9.59 Å². The Morgan fingerprint density at radius 2 is 1.49 bits per heavy atom. The third kappa shape index (κ3) is 7.76. The van der Waals surface area contributed by atoms with Gasteiger partial charge in [-0.05, 0) is 113 Å². The predicted octanol–water partition coefficient (Wildman–Crippen LogP) is 6.59. The Kier molecular flexibility index (Phi) is 9.99. The Morgan fingerprint density at radius 1 is 0.846 bits per heavy atom. The molecule has 0 heterocycles. The first-order valence-corrected chi connectivity index (χ1v) is 13.2. The number of esters is 1. The number of amides is 1. The molecule has 1 N–H and O–H groups in total. The van der Waals surface area contributed by atoms with Crippen molar-refractivity contribution in [3.8, 4) is 23.0 Å². The fourth-order valence-corrected chi connectivity index (χ4v) is 4.23. The van der Waals surface area contributed by atoms with Gasteiger partial charge in [-0.15, -0.1) is 0 Å². The number of aryl methyl sites for hydroxylation is 2. The Bertz CT molecular complexity index is 1280. The van der Waals surface area contributed by atoms with E-state index in [0.717, 1.165) is 18.5 Å². The zero-order chi connectivity index (χ0) is 28.6. The first kappa shape index (κ1) is 29.6. The maximum absolute atomic E-state index is 12.6. The quantitative estimate of drug-likeness (QED) is 0.284. The van der Waals surface area contributed by atoms with Crippen molar-refractivity contribution in [2.45, 2.75) is 53.4 Å². The molecular weight excluding hydrogens is 494 g/mol. The number of carbonyl (C=O) groups excluding carboxylic acids is 2. The maximum Gasteiger partial charge on any atom is 0.316 e. The monoisotopic (exact) mass is 533 g/mol. The highest BCUT2D eigenvalue weighted by Gasteiger charge is 2.24. The van der Waals surface area contributed by atoms with Gasteiger partial charge < -0.3 is 24.2 Å². The first-order chi connectivity index (χ1) is 18.6. The van der Waals surface area contributed by atoms with Crippen LogP contribution in [-0.2, 0) is 17.6 Å². The van der Waals surface area contributed by atoms with E-state index in [0.29, 0.717) is 29.4 Å². The van der Waals surface area contributed by atoms with Gasteiger partial charge in [-0.1, -0.05) is 6.07 Å². The van der Waals surface area contributed by atoms with E-state index in [9.17, 15) is 14.7 Å². The molecule has 7 heteroatoms. The minimum absolute atomic E-state index is 0.130. The highest BCUT2D eigenvalue weighted by Crippen LogP contribution is 2.32. The molecule has 0 atom stereocenters. The van der Waals surface area contributed by atoms with Crippen molar-refractivity contribution in [3.05, 3.63) is 77.4 Å². The molecule has 0 bridgehead atoms. The van der Waals surface area contributed by atoms with Gasteiger partial charge in [0.25, 0.3) is 5.91 Å². The van der Waals surface area contributed by atoms with Crippen LogP contribution >= 0.6 is 0 Å². The number of aromatic hydroxyl groups is 1. The van der Waals surface area contributed by atoms with Crippen molar-refractivity contribution >= 4 is 17.6 Å². The number of phenolic OH excluding ortho intramolecular Hbond substituents is 1. The van der Waals surface area contributed by atoms with E-state index < -0.39 is 5.41 Å². The number of nitrogens with zero attached hydrogens (tertiary/aromatic N) is 1. The van der Waals surface area contributed by atoms with Crippen LogP contribution in [0.5, 0.6) is 23.0 Å². The molecule has 0 saturated heterocycles. The summed E-state index contributed by atoms with van der Waals surface area (Å²) in [5, 5.41) is 9.32. The number of rotatable bonds is 6. The summed E-state index contributed by atoms with van der Waals surface area (Å²) in [6.07, 6.45) is 4.77. The fourth-order valence-electron chi connectivity index (χ4n) is 4.23. The number of ether oxygens (including phenoxy) is 3. The largest absolute Gasteiger partial charge is 0.508 e. The van der Waals surface area contributed by atoms with Crippen molar-refractivity contribution < 1.29 is 28.9 Å². The lowest BCUT2D eigenvalue weighted by atomic mass is 9.91.